The Hall–Kier alpha value is -3.18. The van der Waals surface area contributed by atoms with Gasteiger partial charge in [-0.25, -0.2) is 4.98 Å². The zero-order valence-electron chi connectivity index (χ0n) is 15.0. The van der Waals surface area contributed by atoms with Gasteiger partial charge in [0, 0.05) is 11.3 Å². The number of methoxy groups -OCH3 is 1. The third-order valence-corrected chi connectivity index (χ3v) is 5.41. The number of anilines is 1. The molecular weight excluding hydrogens is 356 g/mol. The number of thiazole rings is 1. The number of carbonyl (C=O) groups excluding carboxylic acids is 1. The highest BCUT2D eigenvalue weighted by atomic mass is 32.1. The fraction of sp³-hybridized carbons (Fsp3) is 0.0909. The van der Waals surface area contributed by atoms with Crippen LogP contribution in [0.1, 0.15) is 15.9 Å². The van der Waals surface area contributed by atoms with Crippen LogP contribution in [-0.2, 0) is 0 Å². The highest BCUT2D eigenvalue weighted by Gasteiger charge is 2.14. The molecule has 0 unspecified atom stereocenters. The first kappa shape index (κ1) is 17.2. The number of fused-ring (bicyclic) bond motifs is 1. The predicted octanol–water partition coefficient (Wildman–Crippen LogP) is 5.53. The van der Waals surface area contributed by atoms with Gasteiger partial charge in [-0.1, -0.05) is 36.4 Å². The number of amides is 1. The molecule has 0 spiro atoms. The highest BCUT2D eigenvalue weighted by Crippen LogP contribution is 2.31. The number of hydrogen-bond acceptors (Lipinski definition) is 4. The molecule has 1 heterocycles. The van der Waals surface area contributed by atoms with Gasteiger partial charge < -0.3 is 10.1 Å². The van der Waals surface area contributed by atoms with Crippen molar-refractivity contribution < 1.29 is 9.53 Å². The average molecular weight is 374 g/mol. The van der Waals surface area contributed by atoms with Crippen LogP contribution in [-0.4, -0.2) is 18.0 Å². The molecule has 0 saturated heterocycles. The Morgan fingerprint density at radius 3 is 2.67 bits per heavy atom. The minimum atomic E-state index is -0.197. The minimum absolute atomic E-state index is 0.197. The predicted molar refractivity (Wildman–Crippen MR) is 111 cm³/mol. The fourth-order valence-electron chi connectivity index (χ4n) is 3.03. The molecule has 134 valence electrons. The molecule has 0 aliphatic rings. The number of rotatable bonds is 4. The van der Waals surface area contributed by atoms with E-state index >= 15 is 0 Å². The van der Waals surface area contributed by atoms with E-state index in [9.17, 15) is 4.79 Å². The van der Waals surface area contributed by atoms with Crippen molar-refractivity contribution in [2.75, 3.05) is 12.4 Å². The molecule has 0 aliphatic heterocycles. The van der Waals surface area contributed by atoms with Gasteiger partial charge in [0.15, 0.2) is 0 Å². The second-order valence-corrected chi connectivity index (χ2v) is 7.21. The van der Waals surface area contributed by atoms with Crippen LogP contribution in [0, 0.1) is 6.92 Å². The fourth-order valence-corrected chi connectivity index (χ4v) is 3.99. The van der Waals surface area contributed by atoms with Gasteiger partial charge in [0.05, 0.1) is 22.9 Å². The maximum absolute atomic E-state index is 12.7. The quantitative estimate of drug-likeness (QED) is 0.511. The molecule has 4 rings (SSSR count). The summed E-state index contributed by atoms with van der Waals surface area (Å²) in [5.41, 5.74) is 4.12. The van der Waals surface area contributed by atoms with Crippen molar-refractivity contribution in [1.82, 2.24) is 4.98 Å². The largest absolute Gasteiger partial charge is 0.496 e. The molecule has 0 radical (unpaired) electrons. The minimum Gasteiger partial charge on any atom is -0.496 e. The number of nitrogens with zero attached hydrogens (tertiary/aromatic N) is 1. The standard InChI is InChI=1S/C22H18N2O2S/c1-14-7-5-10-17(20(14)26-2)21(25)23-16-9-6-8-15(13-16)22-24-18-11-3-4-12-19(18)27-22/h3-13H,1-2H3,(H,23,25). The molecule has 3 aromatic carbocycles. The van der Waals surface area contributed by atoms with E-state index in [0.717, 1.165) is 32.0 Å². The van der Waals surface area contributed by atoms with Gasteiger partial charge >= 0.3 is 0 Å². The molecule has 4 nitrogen and oxygen atoms in total. The highest BCUT2D eigenvalue weighted by molar-refractivity contribution is 7.21. The first-order chi connectivity index (χ1) is 13.2. The molecule has 1 aromatic heterocycles. The van der Waals surface area contributed by atoms with Gasteiger partial charge in [0.25, 0.3) is 5.91 Å². The number of aryl methyl sites for hydroxylation is 1. The zero-order valence-corrected chi connectivity index (χ0v) is 15.8. The van der Waals surface area contributed by atoms with E-state index in [-0.39, 0.29) is 5.91 Å². The Balaban J connectivity index is 1.63. The van der Waals surface area contributed by atoms with Crippen molar-refractivity contribution in [2.24, 2.45) is 0 Å². The summed E-state index contributed by atoms with van der Waals surface area (Å²) in [7, 11) is 1.58. The lowest BCUT2D eigenvalue weighted by Gasteiger charge is -2.12. The number of nitrogens with one attached hydrogen (secondary N) is 1. The van der Waals surface area contributed by atoms with Crippen LogP contribution < -0.4 is 10.1 Å². The van der Waals surface area contributed by atoms with E-state index in [1.54, 1.807) is 24.5 Å². The molecular formula is C22H18N2O2S. The van der Waals surface area contributed by atoms with E-state index in [0.29, 0.717) is 11.3 Å². The van der Waals surface area contributed by atoms with Crippen LogP contribution >= 0.6 is 11.3 Å². The summed E-state index contributed by atoms with van der Waals surface area (Å²) in [5.74, 6) is 0.398. The second-order valence-electron chi connectivity index (χ2n) is 6.18. The molecule has 27 heavy (non-hydrogen) atoms. The van der Waals surface area contributed by atoms with Crippen LogP contribution in [0.25, 0.3) is 20.8 Å². The van der Waals surface area contributed by atoms with Crippen molar-refractivity contribution in [3.8, 4) is 16.3 Å². The lowest BCUT2D eigenvalue weighted by Crippen LogP contribution is -2.13. The number of benzene rings is 3. The van der Waals surface area contributed by atoms with Gasteiger partial charge in [-0.2, -0.15) is 0 Å². The SMILES string of the molecule is COc1c(C)cccc1C(=O)Nc1cccc(-c2nc3ccccc3s2)c1. The number of para-hydroxylation sites is 2. The van der Waals surface area contributed by atoms with E-state index in [1.807, 2.05) is 61.5 Å². The molecule has 4 aromatic rings. The summed E-state index contributed by atoms with van der Waals surface area (Å²) in [6, 6.07) is 21.3. The Bertz CT molecular complexity index is 1100. The van der Waals surface area contributed by atoms with E-state index in [4.69, 9.17) is 4.74 Å². The van der Waals surface area contributed by atoms with Crippen LogP contribution in [0.2, 0.25) is 0 Å². The van der Waals surface area contributed by atoms with Crippen LogP contribution in [0.4, 0.5) is 5.69 Å². The van der Waals surface area contributed by atoms with Gasteiger partial charge in [-0.05, 0) is 42.8 Å². The van der Waals surface area contributed by atoms with Crippen LogP contribution in [0.5, 0.6) is 5.75 Å². The van der Waals surface area contributed by atoms with E-state index < -0.39 is 0 Å². The maximum atomic E-state index is 12.7. The number of hydrogen-bond donors (Lipinski definition) is 1. The first-order valence-electron chi connectivity index (χ1n) is 8.56. The van der Waals surface area contributed by atoms with Gasteiger partial charge in [0.1, 0.15) is 10.8 Å². The summed E-state index contributed by atoms with van der Waals surface area (Å²) in [6.07, 6.45) is 0. The number of aromatic nitrogens is 1. The number of carbonyl (C=O) groups is 1. The van der Waals surface area contributed by atoms with Crippen molar-refractivity contribution >= 4 is 33.1 Å². The van der Waals surface area contributed by atoms with E-state index in [2.05, 4.69) is 16.4 Å². The summed E-state index contributed by atoms with van der Waals surface area (Å²) in [6.45, 7) is 1.92. The van der Waals surface area contributed by atoms with Gasteiger partial charge in [0.2, 0.25) is 0 Å². The molecule has 0 aliphatic carbocycles. The topological polar surface area (TPSA) is 51.2 Å². The van der Waals surface area contributed by atoms with Crippen molar-refractivity contribution in [2.45, 2.75) is 6.92 Å². The molecule has 5 heteroatoms. The Morgan fingerprint density at radius 1 is 1.04 bits per heavy atom. The zero-order chi connectivity index (χ0) is 18.8. The lowest BCUT2D eigenvalue weighted by molar-refractivity contribution is 0.102. The summed E-state index contributed by atoms with van der Waals surface area (Å²) in [5, 5.41) is 3.89. The molecule has 0 bridgehead atoms. The number of ether oxygens (including phenoxy) is 1. The molecule has 0 saturated carbocycles. The summed E-state index contributed by atoms with van der Waals surface area (Å²) in [4.78, 5) is 17.4. The lowest BCUT2D eigenvalue weighted by atomic mass is 10.1. The average Bonchev–Trinajstić information content (AvgIpc) is 3.12. The van der Waals surface area contributed by atoms with Crippen molar-refractivity contribution in [3.05, 3.63) is 77.9 Å². The van der Waals surface area contributed by atoms with Crippen molar-refractivity contribution in [1.29, 1.82) is 0 Å². The first-order valence-corrected chi connectivity index (χ1v) is 9.38. The smallest absolute Gasteiger partial charge is 0.259 e. The third kappa shape index (κ3) is 3.41. The Labute approximate surface area is 161 Å². The van der Waals surface area contributed by atoms with Gasteiger partial charge in [-0.15, -0.1) is 11.3 Å². The second kappa shape index (κ2) is 7.21. The normalized spacial score (nSPS) is 10.7. The molecule has 1 N–H and O–H groups in total. The van der Waals surface area contributed by atoms with Crippen LogP contribution in [0.3, 0.4) is 0 Å². The maximum Gasteiger partial charge on any atom is 0.259 e. The van der Waals surface area contributed by atoms with E-state index in [1.165, 1.54) is 0 Å². The van der Waals surface area contributed by atoms with Crippen LogP contribution in [0.15, 0.2) is 66.7 Å². The van der Waals surface area contributed by atoms with Crippen molar-refractivity contribution in [3.63, 3.8) is 0 Å². The Morgan fingerprint density at radius 2 is 1.85 bits per heavy atom. The summed E-state index contributed by atoms with van der Waals surface area (Å²) >= 11 is 1.64. The summed E-state index contributed by atoms with van der Waals surface area (Å²) < 4.78 is 6.54. The van der Waals surface area contributed by atoms with Gasteiger partial charge in [-0.3, -0.25) is 4.79 Å². The molecule has 0 fully saturated rings. The molecule has 1 amide bonds. The third-order valence-electron chi connectivity index (χ3n) is 4.32. The Kier molecular flexibility index (Phi) is 4.60. The molecule has 0 atom stereocenters. The monoisotopic (exact) mass is 374 g/mol.